The number of aryl methyl sites for hydroxylation is 1. The van der Waals surface area contributed by atoms with Gasteiger partial charge in [-0.3, -0.25) is 0 Å². The lowest BCUT2D eigenvalue weighted by Gasteiger charge is -2.05. The lowest BCUT2D eigenvalue weighted by molar-refractivity contribution is 0.305. The molecule has 3 rings (SSSR count). The van der Waals surface area contributed by atoms with Crippen LogP contribution in [0.3, 0.4) is 0 Å². The highest BCUT2D eigenvalue weighted by Crippen LogP contribution is 2.26. The quantitative estimate of drug-likeness (QED) is 0.783. The Morgan fingerprint density at radius 3 is 2.81 bits per heavy atom. The first-order valence-corrected chi connectivity index (χ1v) is 6.86. The van der Waals surface area contributed by atoms with Crippen molar-refractivity contribution in [1.82, 2.24) is 4.57 Å². The molecule has 21 heavy (non-hydrogen) atoms. The minimum Gasteiger partial charge on any atom is -0.508 e. The summed E-state index contributed by atoms with van der Waals surface area (Å²) in [6.07, 6.45) is 2.00. The van der Waals surface area contributed by atoms with Crippen LogP contribution in [0.15, 0.2) is 48.7 Å². The Morgan fingerprint density at radius 2 is 2.05 bits per heavy atom. The standard InChI is InChI=1S/C17H16FNO2/c1-2-19-10-12(16-9-14(20)6-7-17(16)19)11-21-15-5-3-4-13(18)8-15/h3-10,20H,2,11H2,1H3. The van der Waals surface area contributed by atoms with Gasteiger partial charge in [0.25, 0.3) is 0 Å². The van der Waals surface area contributed by atoms with Gasteiger partial charge in [0.1, 0.15) is 23.9 Å². The number of halogens is 1. The van der Waals surface area contributed by atoms with Gasteiger partial charge >= 0.3 is 0 Å². The summed E-state index contributed by atoms with van der Waals surface area (Å²) < 4.78 is 20.9. The molecular formula is C17H16FNO2. The van der Waals surface area contributed by atoms with Gasteiger partial charge in [-0.25, -0.2) is 4.39 Å². The van der Waals surface area contributed by atoms with Gasteiger partial charge in [-0.1, -0.05) is 6.07 Å². The van der Waals surface area contributed by atoms with Crippen LogP contribution in [0.1, 0.15) is 12.5 Å². The third kappa shape index (κ3) is 2.70. The first-order valence-electron chi connectivity index (χ1n) is 6.86. The zero-order chi connectivity index (χ0) is 14.8. The van der Waals surface area contributed by atoms with Crippen molar-refractivity contribution in [3.63, 3.8) is 0 Å². The third-order valence-electron chi connectivity index (χ3n) is 3.48. The van der Waals surface area contributed by atoms with E-state index in [-0.39, 0.29) is 11.6 Å². The Morgan fingerprint density at radius 1 is 1.19 bits per heavy atom. The fourth-order valence-electron chi connectivity index (χ4n) is 2.45. The van der Waals surface area contributed by atoms with Crippen LogP contribution in [-0.4, -0.2) is 9.67 Å². The molecule has 0 saturated heterocycles. The molecular weight excluding hydrogens is 269 g/mol. The molecule has 4 heteroatoms. The summed E-state index contributed by atoms with van der Waals surface area (Å²) in [6, 6.07) is 11.4. The Kier molecular flexibility index (Phi) is 3.52. The van der Waals surface area contributed by atoms with Gasteiger partial charge in [0, 0.05) is 35.3 Å². The van der Waals surface area contributed by atoms with Gasteiger partial charge in [0.05, 0.1) is 0 Å². The lowest BCUT2D eigenvalue weighted by atomic mass is 10.2. The smallest absolute Gasteiger partial charge is 0.126 e. The lowest BCUT2D eigenvalue weighted by Crippen LogP contribution is -1.95. The van der Waals surface area contributed by atoms with Crippen molar-refractivity contribution < 1.29 is 14.2 Å². The maximum absolute atomic E-state index is 13.1. The molecule has 0 amide bonds. The number of benzene rings is 2. The number of fused-ring (bicyclic) bond motifs is 1. The van der Waals surface area contributed by atoms with E-state index in [1.807, 2.05) is 12.3 Å². The molecule has 0 aliphatic carbocycles. The Bertz CT molecular complexity index is 780. The predicted octanol–water partition coefficient (Wildman–Crippen LogP) is 4.08. The molecule has 0 spiro atoms. The van der Waals surface area contributed by atoms with Gasteiger partial charge in [0.2, 0.25) is 0 Å². The molecule has 0 atom stereocenters. The van der Waals surface area contributed by atoms with Crippen LogP contribution < -0.4 is 4.74 Å². The maximum Gasteiger partial charge on any atom is 0.126 e. The van der Waals surface area contributed by atoms with Crippen LogP contribution in [0.2, 0.25) is 0 Å². The predicted molar refractivity (Wildman–Crippen MR) is 80.0 cm³/mol. The van der Waals surface area contributed by atoms with Gasteiger partial charge < -0.3 is 14.4 Å². The highest BCUT2D eigenvalue weighted by atomic mass is 19.1. The fourth-order valence-corrected chi connectivity index (χ4v) is 2.45. The first kappa shape index (κ1) is 13.5. The van der Waals surface area contributed by atoms with E-state index in [1.165, 1.54) is 12.1 Å². The van der Waals surface area contributed by atoms with Crippen LogP contribution in [0, 0.1) is 5.82 Å². The number of hydrogen-bond acceptors (Lipinski definition) is 2. The summed E-state index contributed by atoms with van der Waals surface area (Å²) in [5.74, 6) is 0.400. The zero-order valence-corrected chi connectivity index (χ0v) is 11.7. The largest absolute Gasteiger partial charge is 0.508 e. The van der Waals surface area contributed by atoms with Crippen LogP contribution in [0.5, 0.6) is 11.5 Å². The Balaban J connectivity index is 1.91. The van der Waals surface area contributed by atoms with Gasteiger partial charge in [-0.2, -0.15) is 0 Å². The highest BCUT2D eigenvalue weighted by molar-refractivity contribution is 5.85. The van der Waals surface area contributed by atoms with Crippen LogP contribution >= 0.6 is 0 Å². The van der Waals surface area contributed by atoms with Crippen molar-refractivity contribution in [1.29, 1.82) is 0 Å². The molecule has 0 fully saturated rings. The Labute approximate surface area is 122 Å². The number of nitrogens with zero attached hydrogens (tertiary/aromatic N) is 1. The van der Waals surface area contributed by atoms with Crippen molar-refractivity contribution in [3.8, 4) is 11.5 Å². The van der Waals surface area contributed by atoms with E-state index >= 15 is 0 Å². The van der Waals surface area contributed by atoms with E-state index in [4.69, 9.17) is 4.74 Å². The SMILES string of the molecule is CCn1cc(COc2cccc(F)c2)c2cc(O)ccc21. The summed E-state index contributed by atoms with van der Waals surface area (Å²) in [4.78, 5) is 0. The number of ether oxygens (including phenoxy) is 1. The molecule has 0 bridgehead atoms. The van der Waals surface area contributed by atoms with Crippen molar-refractivity contribution in [2.24, 2.45) is 0 Å². The number of phenols is 1. The summed E-state index contributed by atoms with van der Waals surface area (Å²) in [5.41, 5.74) is 2.01. The van der Waals surface area contributed by atoms with Crippen LogP contribution in [0.25, 0.3) is 10.9 Å². The monoisotopic (exact) mass is 285 g/mol. The summed E-state index contributed by atoms with van der Waals surface area (Å²) in [5, 5.41) is 10.6. The van der Waals surface area contributed by atoms with E-state index in [2.05, 4.69) is 11.5 Å². The normalized spacial score (nSPS) is 11.0. The Hall–Kier alpha value is -2.49. The molecule has 3 nitrogen and oxygen atoms in total. The second-order valence-electron chi connectivity index (χ2n) is 4.89. The minimum atomic E-state index is -0.318. The fraction of sp³-hybridized carbons (Fsp3) is 0.176. The summed E-state index contributed by atoms with van der Waals surface area (Å²) in [6.45, 7) is 3.22. The number of hydrogen-bond donors (Lipinski definition) is 1. The van der Waals surface area contributed by atoms with Crippen molar-refractivity contribution >= 4 is 10.9 Å². The van der Waals surface area contributed by atoms with E-state index in [0.717, 1.165) is 23.0 Å². The number of rotatable bonds is 4. The number of aromatic nitrogens is 1. The molecule has 0 aliphatic rings. The van der Waals surface area contributed by atoms with E-state index in [0.29, 0.717) is 12.4 Å². The zero-order valence-electron chi connectivity index (χ0n) is 11.7. The molecule has 3 aromatic rings. The highest BCUT2D eigenvalue weighted by Gasteiger charge is 2.09. The molecule has 1 heterocycles. The molecule has 0 unspecified atom stereocenters. The van der Waals surface area contributed by atoms with E-state index in [9.17, 15) is 9.50 Å². The molecule has 2 aromatic carbocycles. The number of aromatic hydroxyl groups is 1. The second-order valence-corrected chi connectivity index (χ2v) is 4.89. The molecule has 0 radical (unpaired) electrons. The van der Waals surface area contributed by atoms with Crippen molar-refractivity contribution in [2.45, 2.75) is 20.1 Å². The average molecular weight is 285 g/mol. The second kappa shape index (κ2) is 5.48. The van der Waals surface area contributed by atoms with E-state index < -0.39 is 0 Å². The van der Waals surface area contributed by atoms with Gasteiger partial charge in [-0.15, -0.1) is 0 Å². The first-order chi connectivity index (χ1) is 10.2. The third-order valence-corrected chi connectivity index (χ3v) is 3.48. The number of phenolic OH excluding ortho intramolecular Hbond substituents is 1. The average Bonchev–Trinajstić information content (AvgIpc) is 2.82. The van der Waals surface area contributed by atoms with Crippen molar-refractivity contribution in [3.05, 3.63) is 60.0 Å². The molecule has 1 N–H and O–H groups in total. The van der Waals surface area contributed by atoms with Crippen LogP contribution in [0.4, 0.5) is 4.39 Å². The summed E-state index contributed by atoms with van der Waals surface area (Å²) in [7, 11) is 0. The molecule has 1 aromatic heterocycles. The maximum atomic E-state index is 13.1. The topological polar surface area (TPSA) is 34.4 Å². The van der Waals surface area contributed by atoms with Gasteiger partial charge in [0.15, 0.2) is 0 Å². The summed E-state index contributed by atoms with van der Waals surface area (Å²) >= 11 is 0. The van der Waals surface area contributed by atoms with Crippen LogP contribution in [-0.2, 0) is 13.2 Å². The van der Waals surface area contributed by atoms with Crippen molar-refractivity contribution in [2.75, 3.05) is 0 Å². The van der Waals surface area contributed by atoms with E-state index in [1.54, 1.807) is 24.3 Å². The molecule has 108 valence electrons. The minimum absolute atomic E-state index is 0.225. The molecule has 0 aliphatic heterocycles. The van der Waals surface area contributed by atoms with Gasteiger partial charge in [-0.05, 0) is 37.3 Å². The molecule has 0 saturated carbocycles.